The predicted molar refractivity (Wildman–Crippen MR) is 154 cm³/mol. The van der Waals surface area contributed by atoms with Crippen LogP contribution >= 0.6 is 7.26 Å². The molecule has 0 aliphatic carbocycles. The molecular formula is C30H27N3O2P+. The van der Waals surface area contributed by atoms with Gasteiger partial charge in [-0.05, 0) is 61.5 Å². The molecule has 5 nitrogen and oxygen atoms in total. The summed E-state index contributed by atoms with van der Waals surface area (Å²) in [5.41, 5.74) is 1.50. The highest BCUT2D eigenvalue weighted by Crippen LogP contribution is 2.55. The largest absolute Gasteiger partial charge is 0.276 e. The molecule has 0 aliphatic heterocycles. The summed E-state index contributed by atoms with van der Waals surface area (Å²) in [6, 6.07) is 38.5. The molecule has 0 bridgehead atoms. The molecule has 4 aromatic carbocycles. The lowest BCUT2D eigenvalue weighted by Gasteiger charge is -2.27. The van der Waals surface area contributed by atoms with Gasteiger partial charge in [-0.25, -0.2) is 0 Å². The zero-order valence-corrected chi connectivity index (χ0v) is 20.9. The molecule has 0 atom stereocenters. The van der Waals surface area contributed by atoms with E-state index in [1.807, 2.05) is 25.1 Å². The number of rotatable bonds is 9. The van der Waals surface area contributed by atoms with Crippen LogP contribution in [0.2, 0.25) is 0 Å². The van der Waals surface area contributed by atoms with Crippen molar-refractivity contribution in [1.29, 1.82) is 0 Å². The first kappa shape index (κ1) is 24.9. The highest BCUT2D eigenvalue weighted by atomic mass is 31.2. The van der Waals surface area contributed by atoms with Crippen LogP contribution in [0.1, 0.15) is 12.5 Å². The molecule has 0 aliphatic rings. The summed E-state index contributed by atoms with van der Waals surface area (Å²) in [5, 5.41) is 23.8. The minimum atomic E-state index is -2.03. The van der Waals surface area contributed by atoms with E-state index in [0.29, 0.717) is 5.56 Å². The Balaban J connectivity index is 1.67. The van der Waals surface area contributed by atoms with Crippen molar-refractivity contribution in [3.63, 3.8) is 0 Å². The first-order valence-electron chi connectivity index (χ1n) is 11.6. The van der Waals surface area contributed by atoms with Crippen LogP contribution < -0.4 is 15.9 Å². The average Bonchev–Trinajstić information content (AvgIpc) is 2.93. The number of nitro groups is 1. The quantitative estimate of drug-likeness (QED) is 0.124. The van der Waals surface area contributed by atoms with E-state index >= 15 is 0 Å². The lowest BCUT2D eigenvalue weighted by Crippen LogP contribution is -2.35. The zero-order valence-electron chi connectivity index (χ0n) is 20.0. The Bertz CT molecular complexity index is 1290. The van der Waals surface area contributed by atoms with Crippen LogP contribution in [-0.2, 0) is 0 Å². The van der Waals surface area contributed by atoms with Gasteiger partial charge in [0.25, 0.3) is 5.69 Å². The van der Waals surface area contributed by atoms with Gasteiger partial charge < -0.3 is 0 Å². The molecule has 4 aromatic rings. The third-order valence-corrected chi connectivity index (χ3v) is 10.3. The summed E-state index contributed by atoms with van der Waals surface area (Å²) >= 11 is 0. The maximum Gasteiger partial charge on any atom is 0.276 e. The van der Waals surface area contributed by atoms with E-state index in [2.05, 4.69) is 83.0 Å². The molecule has 0 fully saturated rings. The second-order valence-electron chi connectivity index (χ2n) is 8.25. The Labute approximate surface area is 212 Å². The van der Waals surface area contributed by atoms with Crippen LogP contribution in [0.25, 0.3) is 6.08 Å². The van der Waals surface area contributed by atoms with Crippen molar-refractivity contribution in [2.24, 2.45) is 10.2 Å². The fourth-order valence-electron chi connectivity index (χ4n) is 4.26. The molecule has 0 heterocycles. The Morgan fingerprint density at radius 3 is 1.75 bits per heavy atom. The Kier molecular flexibility index (Phi) is 8.28. The van der Waals surface area contributed by atoms with Crippen LogP contribution in [0.3, 0.4) is 0 Å². The van der Waals surface area contributed by atoms with Gasteiger partial charge in [-0.1, -0.05) is 66.7 Å². The second-order valence-corrected chi connectivity index (χ2v) is 11.7. The summed E-state index contributed by atoms with van der Waals surface area (Å²) in [4.78, 5) is 10.8. The number of nitrogens with zero attached hydrogens (tertiary/aromatic N) is 3. The van der Waals surface area contributed by atoms with Crippen molar-refractivity contribution in [2.75, 3.05) is 6.16 Å². The van der Waals surface area contributed by atoms with E-state index in [1.165, 1.54) is 22.0 Å². The highest BCUT2D eigenvalue weighted by Gasteiger charge is 2.45. The standard InChI is InChI=1S/C30H27N3O2P/c1-25(32-31-23-13-15-26-14-11-12-22-30(26)33(34)35)24-36(27-16-5-2-6-17-27,28-18-7-3-8-19-28)29-20-9-4-10-21-29/h2-23H,24H2,1H3/q+1. The van der Waals surface area contributed by atoms with E-state index in [0.717, 1.165) is 11.9 Å². The Morgan fingerprint density at radius 1 is 0.778 bits per heavy atom. The molecule has 0 saturated carbocycles. The van der Waals surface area contributed by atoms with Crippen molar-refractivity contribution in [3.8, 4) is 0 Å². The number of para-hydroxylation sites is 1. The lowest BCUT2D eigenvalue weighted by molar-refractivity contribution is -0.385. The summed E-state index contributed by atoms with van der Waals surface area (Å²) in [6.07, 6.45) is 5.65. The van der Waals surface area contributed by atoms with E-state index in [-0.39, 0.29) is 10.6 Å². The second kappa shape index (κ2) is 12.0. The average molecular weight is 493 g/mol. The van der Waals surface area contributed by atoms with E-state index < -0.39 is 7.26 Å². The van der Waals surface area contributed by atoms with Crippen molar-refractivity contribution < 1.29 is 4.92 Å². The Hall–Kier alpha value is -4.21. The molecule has 0 radical (unpaired) electrons. The van der Waals surface area contributed by atoms with Crippen LogP contribution in [0.15, 0.2) is 132 Å². The number of nitro benzene ring substituents is 1. The SMILES string of the molecule is CC(C[P+](c1ccccc1)(c1ccccc1)c1ccccc1)=NN=CC=Cc1ccccc1[N+](=O)[O-]. The van der Waals surface area contributed by atoms with E-state index in [1.54, 1.807) is 36.6 Å². The Morgan fingerprint density at radius 2 is 1.25 bits per heavy atom. The maximum absolute atomic E-state index is 11.2. The number of allylic oxidation sites excluding steroid dienone is 1. The first-order valence-corrected chi connectivity index (χ1v) is 13.6. The molecular weight excluding hydrogens is 465 g/mol. The van der Waals surface area contributed by atoms with Gasteiger partial charge in [0, 0.05) is 12.3 Å². The zero-order chi connectivity index (χ0) is 25.2. The summed E-state index contributed by atoms with van der Waals surface area (Å²) < 4.78 is 0. The summed E-state index contributed by atoms with van der Waals surface area (Å²) in [5.74, 6) is 0. The van der Waals surface area contributed by atoms with Gasteiger partial charge >= 0.3 is 0 Å². The molecule has 0 unspecified atom stereocenters. The first-order chi connectivity index (χ1) is 17.6. The molecule has 178 valence electrons. The van der Waals surface area contributed by atoms with Gasteiger partial charge in [0.05, 0.1) is 16.2 Å². The molecule has 0 amide bonds. The van der Waals surface area contributed by atoms with Crippen LogP contribution in [0.5, 0.6) is 0 Å². The van der Waals surface area contributed by atoms with Crippen LogP contribution in [0, 0.1) is 10.1 Å². The van der Waals surface area contributed by atoms with E-state index in [4.69, 9.17) is 0 Å². The third kappa shape index (κ3) is 5.70. The molecule has 0 N–H and O–H groups in total. The molecule has 4 rings (SSSR count). The summed E-state index contributed by atoms with van der Waals surface area (Å²) in [7, 11) is -2.03. The fourth-order valence-corrected chi connectivity index (χ4v) is 8.49. The number of benzene rings is 4. The molecule has 0 saturated heterocycles. The molecule has 0 spiro atoms. The van der Waals surface area contributed by atoms with E-state index in [9.17, 15) is 10.1 Å². The molecule has 6 heteroatoms. The normalized spacial score (nSPS) is 12.3. The number of hydrogen-bond acceptors (Lipinski definition) is 4. The van der Waals surface area contributed by atoms with Crippen molar-refractivity contribution in [3.05, 3.63) is 137 Å². The smallest absolute Gasteiger partial charge is 0.258 e. The molecule has 36 heavy (non-hydrogen) atoms. The maximum atomic E-state index is 11.2. The lowest BCUT2D eigenvalue weighted by atomic mass is 10.2. The predicted octanol–water partition coefficient (Wildman–Crippen LogP) is 6.05. The third-order valence-electron chi connectivity index (χ3n) is 5.85. The van der Waals surface area contributed by atoms with Crippen LogP contribution in [0.4, 0.5) is 5.69 Å². The fraction of sp³-hybridized carbons (Fsp3) is 0.0667. The van der Waals surface area contributed by atoms with Crippen molar-refractivity contribution >= 4 is 46.9 Å². The van der Waals surface area contributed by atoms with Gasteiger partial charge in [-0.2, -0.15) is 10.2 Å². The minimum Gasteiger partial charge on any atom is -0.258 e. The van der Waals surface area contributed by atoms with Crippen molar-refractivity contribution in [1.82, 2.24) is 0 Å². The minimum absolute atomic E-state index is 0.0602. The van der Waals surface area contributed by atoms with Gasteiger partial charge in [-0.15, -0.1) is 0 Å². The van der Waals surface area contributed by atoms with Crippen molar-refractivity contribution in [2.45, 2.75) is 6.92 Å². The van der Waals surface area contributed by atoms with Gasteiger partial charge in [0.15, 0.2) is 0 Å². The van der Waals surface area contributed by atoms with Gasteiger partial charge in [0.1, 0.15) is 29.3 Å². The monoisotopic (exact) mass is 492 g/mol. The molecule has 0 aromatic heterocycles. The van der Waals surface area contributed by atoms with Gasteiger partial charge in [-0.3, -0.25) is 10.1 Å². The van der Waals surface area contributed by atoms with Gasteiger partial charge in [0.2, 0.25) is 0 Å². The number of hydrogen-bond donors (Lipinski definition) is 0. The van der Waals surface area contributed by atoms with Crippen LogP contribution in [-0.4, -0.2) is 23.0 Å². The topological polar surface area (TPSA) is 67.9 Å². The summed E-state index contributed by atoms with van der Waals surface area (Å²) in [6.45, 7) is 2.01. The highest BCUT2D eigenvalue weighted by molar-refractivity contribution is 7.96.